The minimum absolute atomic E-state index is 0.269. The molecule has 36 heavy (non-hydrogen) atoms. The van der Waals surface area contributed by atoms with Gasteiger partial charge < -0.3 is 20.1 Å². The van der Waals surface area contributed by atoms with Gasteiger partial charge in [0.2, 0.25) is 11.9 Å². The number of hydrogen-bond donors (Lipinski definition) is 2. The van der Waals surface area contributed by atoms with Crippen LogP contribution in [-0.2, 0) is 23.9 Å². The molecule has 2 N–H and O–H groups in total. The number of nitrogens with zero attached hydrogens (tertiary/aromatic N) is 1. The van der Waals surface area contributed by atoms with Gasteiger partial charge in [-0.1, -0.05) is 30.3 Å². The molecule has 9 nitrogen and oxygen atoms in total. The molecule has 0 aliphatic heterocycles. The molecule has 0 radical (unpaired) electrons. The van der Waals surface area contributed by atoms with E-state index in [-0.39, 0.29) is 5.69 Å². The molecule has 0 saturated carbocycles. The smallest absolute Gasteiger partial charge is 0.341 e. The second-order valence-electron chi connectivity index (χ2n) is 10.2. The fourth-order valence-electron chi connectivity index (χ4n) is 3.19. The van der Waals surface area contributed by atoms with Gasteiger partial charge in [0.25, 0.3) is 0 Å². The lowest BCUT2D eigenvalue weighted by Gasteiger charge is -2.33. The number of aryl methyl sites for hydroxylation is 1. The highest BCUT2D eigenvalue weighted by atomic mass is 16.6. The average molecular weight is 498 g/mol. The van der Waals surface area contributed by atoms with E-state index in [1.165, 1.54) is 0 Å². The zero-order chi connectivity index (χ0) is 27.1. The van der Waals surface area contributed by atoms with Crippen LogP contribution in [0.25, 0.3) is 0 Å². The Morgan fingerprint density at radius 3 is 1.89 bits per heavy atom. The van der Waals surface area contributed by atoms with Crippen molar-refractivity contribution in [3.8, 4) is 0 Å². The molecule has 0 saturated heterocycles. The third-order valence-electron chi connectivity index (χ3n) is 4.50. The summed E-state index contributed by atoms with van der Waals surface area (Å²) in [5, 5.41) is 5.13. The van der Waals surface area contributed by atoms with Crippen LogP contribution >= 0.6 is 0 Å². The van der Waals surface area contributed by atoms with E-state index in [1.54, 1.807) is 90.1 Å². The molecule has 2 rings (SSSR count). The van der Waals surface area contributed by atoms with Crippen LogP contribution in [-0.4, -0.2) is 47.7 Å². The van der Waals surface area contributed by atoms with Crippen molar-refractivity contribution in [3.05, 3.63) is 60.2 Å². The van der Waals surface area contributed by atoms with E-state index in [0.717, 1.165) is 10.5 Å². The number of urea groups is 1. The van der Waals surface area contributed by atoms with Crippen LogP contribution in [0.4, 0.5) is 16.2 Å². The Morgan fingerprint density at radius 2 is 1.39 bits per heavy atom. The number of amides is 3. The van der Waals surface area contributed by atoms with Crippen LogP contribution in [0.15, 0.2) is 54.6 Å². The highest BCUT2D eigenvalue weighted by Gasteiger charge is 2.42. The van der Waals surface area contributed by atoms with Gasteiger partial charge in [0.1, 0.15) is 11.2 Å². The summed E-state index contributed by atoms with van der Waals surface area (Å²) in [5.74, 6) is -2.60. The molecule has 0 atom stereocenters. The predicted molar refractivity (Wildman–Crippen MR) is 138 cm³/mol. The molecule has 2 aromatic carbocycles. The quantitative estimate of drug-likeness (QED) is 0.438. The van der Waals surface area contributed by atoms with E-state index in [9.17, 15) is 19.2 Å². The number of benzene rings is 2. The van der Waals surface area contributed by atoms with Gasteiger partial charge in [0.05, 0.1) is 6.54 Å². The third-order valence-corrected chi connectivity index (χ3v) is 4.50. The Labute approximate surface area is 212 Å². The zero-order valence-electron chi connectivity index (χ0n) is 21.9. The number of hydrogen-bond acceptors (Lipinski definition) is 6. The van der Waals surface area contributed by atoms with E-state index in [4.69, 9.17) is 9.47 Å². The number of rotatable bonds is 7. The lowest BCUT2D eigenvalue weighted by Crippen LogP contribution is -2.56. The Hall–Kier alpha value is -3.88. The second kappa shape index (κ2) is 11.7. The Balaban J connectivity index is 2.34. The van der Waals surface area contributed by atoms with Gasteiger partial charge in [-0.15, -0.1) is 0 Å². The number of para-hydroxylation sites is 1. The van der Waals surface area contributed by atoms with Gasteiger partial charge in [-0.25, -0.2) is 14.4 Å². The lowest BCUT2D eigenvalue weighted by molar-refractivity contribution is -0.170. The number of carbonyl (C=O) groups is 4. The maximum Gasteiger partial charge on any atom is 0.341 e. The third kappa shape index (κ3) is 9.05. The van der Waals surface area contributed by atoms with E-state index >= 15 is 0 Å². The minimum atomic E-state index is -1.72. The molecule has 0 fully saturated rings. The molecule has 0 aliphatic carbocycles. The summed E-state index contributed by atoms with van der Waals surface area (Å²) in [7, 11) is 0. The van der Waals surface area contributed by atoms with Gasteiger partial charge in [-0.2, -0.15) is 0 Å². The summed E-state index contributed by atoms with van der Waals surface area (Å²) in [6.45, 7) is 11.3. The number of nitrogens with one attached hydrogen (secondary N) is 2. The summed E-state index contributed by atoms with van der Waals surface area (Å²) in [5.41, 5.74) is -0.0642. The summed E-state index contributed by atoms with van der Waals surface area (Å²) < 4.78 is 10.9. The summed E-state index contributed by atoms with van der Waals surface area (Å²) in [4.78, 5) is 53.2. The monoisotopic (exact) mass is 497 g/mol. The molecular weight excluding hydrogens is 462 g/mol. The van der Waals surface area contributed by atoms with Crippen LogP contribution in [0, 0.1) is 6.92 Å². The van der Waals surface area contributed by atoms with Crippen molar-refractivity contribution in [1.82, 2.24) is 5.32 Å². The number of esters is 2. The topological polar surface area (TPSA) is 114 Å². The molecule has 0 bridgehead atoms. The first-order valence-electron chi connectivity index (χ1n) is 11.6. The van der Waals surface area contributed by atoms with Crippen molar-refractivity contribution in [2.75, 3.05) is 16.8 Å². The van der Waals surface area contributed by atoms with Crippen molar-refractivity contribution in [3.63, 3.8) is 0 Å². The van der Waals surface area contributed by atoms with E-state index < -0.39 is 47.7 Å². The second-order valence-corrected chi connectivity index (χ2v) is 10.2. The zero-order valence-corrected chi connectivity index (χ0v) is 21.9. The first kappa shape index (κ1) is 28.4. The fraction of sp³-hybridized carbons (Fsp3) is 0.407. The van der Waals surface area contributed by atoms with E-state index in [1.807, 2.05) is 13.0 Å². The molecule has 2 aromatic rings. The number of ether oxygens (including phenoxy) is 2. The molecule has 0 aliphatic rings. The van der Waals surface area contributed by atoms with Gasteiger partial charge in [-0.05, 0) is 78.3 Å². The maximum absolute atomic E-state index is 13.4. The van der Waals surface area contributed by atoms with Crippen LogP contribution < -0.4 is 15.5 Å². The largest absolute Gasteiger partial charge is 0.458 e. The molecular formula is C27H35N3O6. The van der Waals surface area contributed by atoms with Gasteiger partial charge >= 0.3 is 18.0 Å². The first-order chi connectivity index (χ1) is 16.7. The lowest BCUT2D eigenvalue weighted by atomic mass is 10.1. The predicted octanol–water partition coefficient (Wildman–Crippen LogP) is 4.20. The molecule has 194 valence electrons. The molecule has 0 heterocycles. The minimum Gasteiger partial charge on any atom is -0.458 e. The molecule has 0 unspecified atom stereocenters. The summed E-state index contributed by atoms with van der Waals surface area (Å²) in [6.07, 6.45) is 0. The summed E-state index contributed by atoms with van der Waals surface area (Å²) >= 11 is 0. The van der Waals surface area contributed by atoms with Crippen molar-refractivity contribution < 1.29 is 28.7 Å². The fourth-order valence-corrected chi connectivity index (χ4v) is 3.19. The Morgan fingerprint density at radius 1 is 0.833 bits per heavy atom. The van der Waals surface area contributed by atoms with Gasteiger partial charge in [-0.3, -0.25) is 9.69 Å². The summed E-state index contributed by atoms with van der Waals surface area (Å²) in [6, 6.07) is 13.0. The standard InChI is InChI=1S/C27H35N3O6/c1-18-12-11-13-19(16-18)29-25(34)28-17-21(31)30(20-14-9-8-10-15-20)22(23(32)35-26(2,3)4)24(33)36-27(5,6)7/h8-16,22H,17H2,1-7H3,(H2,28,29,34). The van der Waals surface area contributed by atoms with Crippen LogP contribution in [0.1, 0.15) is 47.1 Å². The van der Waals surface area contributed by atoms with Crippen molar-refractivity contribution in [1.29, 1.82) is 0 Å². The number of carbonyl (C=O) groups excluding carboxylic acids is 4. The van der Waals surface area contributed by atoms with Crippen molar-refractivity contribution in [2.24, 2.45) is 0 Å². The normalized spacial score (nSPS) is 11.4. The Kier molecular flexibility index (Phi) is 9.22. The molecule has 0 aromatic heterocycles. The first-order valence-corrected chi connectivity index (χ1v) is 11.6. The SMILES string of the molecule is Cc1cccc(NC(=O)NCC(=O)N(c2ccccc2)C(C(=O)OC(C)(C)C)C(=O)OC(C)(C)C)c1. The highest BCUT2D eigenvalue weighted by molar-refractivity contribution is 6.12. The van der Waals surface area contributed by atoms with Crippen LogP contribution in [0.3, 0.4) is 0 Å². The van der Waals surface area contributed by atoms with E-state index in [2.05, 4.69) is 10.6 Å². The van der Waals surface area contributed by atoms with Gasteiger partial charge in [0, 0.05) is 11.4 Å². The average Bonchev–Trinajstić information content (AvgIpc) is 2.73. The number of anilines is 2. The molecule has 0 spiro atoms. The molecule has 9 heteroatoms. The van der Waals surface area contributed by atoms with Crippen LogP contribution in [0.2, 0.25) is 0 Å². The van der Waals surface area contributed by atoms with Crippen molar-refractivity contribution >= 4 is 35.3 Å². The van der Waals surface area contributed by atoms with E-state index in [0.29, 0.717) is 5.69 Å². The van der Waals surface area contributed by atoms with Crippen LogP contribution in [0.5, 0.6) is 0 Å². The van der Waals surface area contributed by atoms with Crippen molar-refractivity contribution in [2.45, 2.75) is 65.7 Å². The highest BCUT2D eigenvalue weighted by Crippen LogP contribution is 2.22. The molecule has 3 amide bonds. The Bertz CT molecular complexity index is 1060. The van der Waals surface area contributed by atoms with Gasteiger partial charge in [0.15, 0.2) is 0 Å². The maximum atomic E-state index is 13.4.